The monoisotopic (exact) mass is 659 g/mol. The van der Waals surface area contributed by atoms with Crippen LogP contribution in [0.3, 0.4) is 0 Å². The molecule has 5 rings (SSSR count). The molecule has 2 aromatic carbocycles. The van der Waals surface area contributed by atoms with E-state index in [4.69, 9.17) is 72.2 Å². The van der Waals surface area contributed by atoms with Gasteiger partial charge in [0.25, 0.3) is 0 Å². The van der Waals surface area contributed by atoms with Gasteiger partial charge in [0.1, 0.15) is 29.3 Å². The number of hydrogen-bond donors (Lipinski definition) is 1. The number of halogens is 6. The van der Waals surface area contributed by atoms with Crippen LogP contribution in [0, 0.1) is 5.82 Å². The smallest absolute Gasteiger partial charge is 0.171 e. The SMILES string of the molecule is C=C(C)[C@@]1(O)[C@H](OCc2ccc(Cl)cc2Cl)[C@@H](COCc2ccc(Cl)cc2Cl)O[C@H]1n1cc(F)c2c(Cl)ncnc21. The van der Waals surface area contributed by atoms with Crippen molar-refractivity contribution in [3.05, 3.63) is 103 Å². The molecule has 0 radical (unpaired) electrons. The van der Waals surface area contributed by atoms with Crippen LogP contribution in [0.2, 0.25) is 25.2 Å². The van der Waals surface area contributed by atoms with Gasteiger partial charge >= 0.3 is 0 Å². The van der Waals surface area contributed by atoms with Crippen molar-refractivity contribution in [3.63, 3.8) is 0 Å². The molecule has 1 saturated heterocycles. The van der Waals surface area contributed by atoms with Gasteiger partial charge in [-0.3, -0.25) is 4.57 Å². The van der Waals surface area contributed by atoms with Crippen molar-refractivity contribution < 1.29 is 23.7 Å². The highest BCUT2D eigenvalue weighted by Gasteiger charge is 2.58. The lowest BCUT2D eigenvalue weighted by atomic mass is 9.87. The first-order valence-electron chi connectivity index (χ1n) is 12.3. The zero-order valence-electron chi connectivity index (χ0n) is 21.5. The number of ether oxygens (including phenoxy) is 3. The van der Waals surface area contributed by atoms with Crippen molar-refractivity contribution >= 4 is 69.0 Å². The van der Waals surface area contributed by atoms with Gasteiger partial charge in [-0.25, -0.2) is 14.4 Å². The lowest BCUT2D eigenvalue weighted by Gasteiger charge is -2.35. The Morgan fingerprint density at radius 2 is 1.68 bits per heavy atom. The molecule has 4 atom stereocenters. The summed E-state index contributed by atoms with van der Waals surface area (Å²) in [5.41, 5.74) is -0.0913. The first-order chi connectivity index (χ1) is 19.5. The summed E-state index contributed by atoms with van der Waals surface area (Å²) in [6.07, 6.45) is -0.751. The molecule has 7 nitrogen and oxygen atoms in total. The zero-order chi connectivity index (χ0) is 29.5. The first-order valence-corrected chi connectivity index (χ1v) is 14.2. The molecule has 1 aliphatic rings. The predicted molar refractivity (Wildman–Crippen MR) is 157 cm³/mol. The third-order valence-electron chi connectivity index (χ3n) is 6.89. The predicted octanol–water partition coefficient (Wildman–Crippen LogP) is 7.84. The third-order valence-corrected chi connectivity index (χ3v) is 8.35. The lowest BCUT2D eigenvalue weighted by Crippen LogP contribution is -2.49. The second-order valence-corrected chi connectivity index (χ2v) is 11.6. The highest BCUT2D eigenvalue weighted by molar-refractivity contribution is 6.35. The molecule has 41 heavy (non-hydrogen) atoms. The average Bonchev–Trinajstić information content (AvgIpc) is 3.40. The van der Waals surface area contributed by atoms with Gasteiger partial charge in [0.05, 0.1) is 25.2 Å². The Bertz CT molecular complexity index is 1620. The number of aromatic nitrogens is 3. The van der Waals surface area contributed by atoms with Gasteiger partial charge in [0.2, 0.25) is 0 Å². The maximum absolute atomic E-state index is 15.0. The van der Waals surface area contributed by atoms with Crippen LogP contribution in [0.4, 0.5) is 4.39 Å². The number of benzene rings is 2. The van der Waals surface area contributed by atoms with Crippen molar-refractivity contribution in [2.45, 2.75) is 44.2 Å². The molecule has 216 valence electrons. The molecular weight excluding hydrogens is 639 g/mol. The van der Waals surface area contributed by atoms with E-state index in [1.54, 1.807) is 43.3 Å². The van der Waals surface area contributed by atoms with E-state index in [1.807, 2.05) is 0 Å². The van der Waals surface area contributed by atoms with Gasteiger partial charge in [-0.05, 0) is 47.9 Å². The van der Waals surface area contributed by atoms with E-state index in [-0.39, 0.29) is 36.0 Å². The van der Waals surface area contributed by atoms with E-state index < -0.39 is 29.9 Å². The highest BCUT2D eigenvalue weighted by Crippen LogP contribution is 2.46. The van der Waals surface area contributed by atoms with Gasteiger partial charge in [-0.15, -0.1) is 0 Å². The van der Waals surface area contributed by atoms with Crippen LogP contribution in [0.1, 0.15) is 24.3 Å². The van der Waals surface area contributed by atoms with E-state index in [0.29, 0.717) is 36.8 Å². The van der Waals surface area contributed by atoms with Crippen molar-refractivity contribution in [3.8, 4) is 0 Å². The molecule has 0 amide bonds. The topological polar surface area (TPSA) is 78.6 Å². The molecule has 0 bridgehead atoms. The van der Waals surface area contributed by atoms with E-state index in [0.717, 1.165) is 6.20 Å². The fourth-order valence-electron chi connectivity index (χ4n) is 4.78. The molecule has 0 saturated carbocycles. The van der Waals surface area contributed by atoms with Gasteiger partial charge in [-0.1, -0.05) is 76.7 Å². The molecule has 1 N–H and O–H groups in total. The third kappa shape index (κ3) is 5.95. The Kier molecular flexibility index (Phi) is 9.16. The Morgan fingerprint density at radius 1 is 1.05 bits per heavy atom. The van der Waals surface area contributed by atoms with Crippen LogP contribution in [-0.2, 0) is 27.4 Å². The van der Waals surface area contributed by atoms with Crippen molar-refractivity contribution in [2.24, 2.45) is 0 Å². The van der Waals surface area contributed by atoms with Gasteiger partial charge in [-0.2, -0.15) is 0 Å². The van der Waals surface area contributed by atoms with Crippen molar-refractivity contribution in [1.29, 1.82) is 0 Å². The van der Waals surface area contributed by atoms with Gasteiger partial charge in [0, 0.05) is 26.3 Å². The summed E-state index contributed by atoms with van der Waals surface area (Å²) in [5.74, 6) is -0.680. The maximum Gasteiger partial charge on any atom is 0.171 e. The van der Waals surface area contributed by atoms with Crippen LogP contribution in [0.5, 0.6) is 0 Å². The van der Waals surface area contributed by atoms with E-state index >= 15 is 4.39 Å². The normalized spacial score (nSPS) is 22.5. The molecule has 0 spiro atoms. The van der Waals surface area contributed by atoms with E-state index in [2.05, 4.69) is 16.5 Å². The Hall–Kier alpha value is -1.98. The summed E-state index contributed by atoms with van der Waals surface area (Å²) in [5, 5.41) is 13.9. The molecule has 1 aliphatic heterocycles. The molecule has 0 aliphatic carbocycles. The molecule has 0 unspecified atom stereocenters. The number of fused-ring (bicyclic) bond motifs is 1. The summed E-state index contributed by atoms with van der Waals surface area (Å²) in [7, 11) is 0. The molecule has 3 heterocycles. The quantitative estimate of drug-likeness (QED) is 0.146. The van der Waals surface area contributed by atoms with Crippen LogP contribution in [0.15, 0.2) is 61.1 Å². The van der Waals surface area contributed by atoms with Crippen LogP contribution in [0.25, 0.3) is 11.0 Å². The second-order valence-electron chi connectivity index (χ2n) is 9.60. The van der Waals surface area contributed by atoms with E-state index in [9.17, 15) is 5.11 Å². The lowest BCUT2D eigenvalue weighted by molar-refractivity contribution is -0.101. The number of nitrogens with zero attached hydrogens (tertiary/aromatic N) is 3. The summed E-state index contributed by atoms with van der Waals surface area (Å²) >= 11 is 30.9. The molecule has 13 heteroatoms. The molecule has 2 aromatic heterocycles. The van der Waals surface area contributed by atoms with Gasteiger partial charge in [0.15, 0.2) is 17.6 Å². The number of aliphatic hydroxyl groups is 1. The summed E-state index contributed by atoms with van der Waals surface area (Å²) in [6, 6.07) is 10.1. The second kappa shape index (κ2) is 12.3. The molecule has 4 aromatic rings. The van der Waals surface area contributed by atoms with Crippen molar-refractivity contribution in [2.75, 3.05) is 6.61 Å². The highest BCUT2D eigenvalue weighted by atomic mass is 35.5. The van der Waals surface area contributed by atoms with Crippen LogP contribution >= 0.6 is 58.0 Å². The fraction of sp³-hybridized carbons (Fsp3) is 0.286. The van der Waals surface area contributed by atoms with Crippen molar-refractivity contribution in [1.82, 2.24) is 14.5 Å². The summed E-state index contributed by atoms with van der Waals surface area (Å²) < 4.78 is 35.0. The Balaban J connectivity index is 1.49. The minimum absolute atomic E-state index is 0.000632. The van der Waals surface area contributed by atoms with Gasteiger partial charge < -0.3 is 19.3 Å². The fourth-order valence-corrected chi connectivity index (χ4v) is 5.93. The largest absolute Gasteiger partial charge is 0.378 e. The molecular formula is C28H23Cl5FN3O4. The average molecular weight is 662 g/mol. The molecule has 1 fully saturated rings. The Morgan fingerprint density at radius 3 is 2.29 bits per heavy atom. The first kappa shape index (κ1) is 30.5. The minimum Gasteiger partial charge on any atom is -0.378 e. The van der Waals surface area contributed by atoms with Crippen LogP contribution < -0.4 is 0 Å². The Labute approximate surface area is 260 Å². The summed E-state index contributed by atoms with van der Waals surface area (Å²) in [4.78, 5) is 8.06. The van der Waals surface area contributed by atoms with E-state index in [1.165, 1.54) is 10.9 Å². The number of rotatable bonds is 9. The van der Waals surface area contributed by atoms with Crippen LogP contribution in [-0.4, -0.2) is 44.1 Å². The maximum atomic E-state index is 15.0. The number of hydrogen-bond acceptors (Lipinski definition) is 6. The minimum atomic E-state index is -1.86. The summed E-state index contributed by atoms with van der Waals surface area (Å²) in [6.45, 7) is 5.75. The standard InChI is InChI=1S/C28H23Cl5FN3O4/c1-14(2)28(38)24(40-11-16-4-6-18(30)8-20(16)32)22(12-39-10-15-3-5-17(29)7-19(15)31)41-27(28)37-9-21(34)23-25(33)35-13-36-26(23)37/h3-9,13,22,24,27,38H,1,10-12H2,2H3/t22-,24-,27-,28-/m1/s1. The zero-order valence-corrected chi connectivity index (χ0v) is 25.2.